The first-order valence-electron chi connectivity index (χ1n) is 4.43. The molecule has 2 heteroatoms. The molecule has 0 unspecified atom stereocenters. The Morgan fingerprint density at radius 1 is 1.18 bits per heavy atom. The van der Waals surface area contributed by atoms with Gasteiger partial charge in [-0.1, -0.05) is 26.2 Å². The van der Waals surface area contributed by atoms with Gasteiger partial charge in [0.15, 0.2) is 0 Å². The normalized spacial score (nSPS) is 10.0. The summed E-state index contributed by atoms with van der Waals surface area (Å²) >= 11 is 0. The van der Waals surface area contributed by atoms with E-state index in [1.807, 2.05) is 0 Å². The van der Waals surface area contributed by atoms with Crippen molar-refractivity contribution in [2.75, 3.05) is 6.54 Å². The van der Waals surface area contributed by atoms with Crippen molar-refractivity contribution in [3.63, 3.8) is 0 Å². The van der Waals surface area contributed by atoms with E-state index in [2.05, 4.69) is 6.92 Å². The second kappa shape index (κ2) is 7.73. The Morgan fingerprint density at radius 3 is 2.45 bits per heavy atom. The van der Waals surface area contributed by atoms with Gasteiger partial charge < -0.3 is 0 Å². The summed E-state index contributed by atoms with van der Waals surface area (Å²) in [5, 5.41) is 0. The van der Waals surface area contributed by atoms with Crippen LogP contribution in [0.5, 0.6) is 0 Å². The predicted molar refractivity (Wildman–Crippen MR) is 45.4 cm³/mol. The predicted octanol–water partition coefficient (Wildman–Crippen LogP) is 1.98. The topological polar surface area (TPSA) is 39.4 Å². The lowest BCUT2D eigenvalue weighted by Crippen LogP contribution is -2.01. The number of carbonyl (C=O) groups is 1. The zero-order chi connectivity index (χ0) is 8.53. The van der Waals surface area contributed by atoms with Crippen LogP contribution in [-0.4, -0.2) is 12.3 Å². The largest absolute Gasteiger partial charge is 0.300 e. The van der Waals surface area contributed by atoms with Gasteiger partial charge in [0, 0.05) is 19.4 Å². The molecule has 11 heavy (non-hydrogen) atoms. The third-order valence-electron chi connectivity index (χ3n) is 1.70. The molecule has 0 aliphatic carbocycles. The van der Waals surface area contributed by atoms with Crippen molar-refractivity contribution >= 4 is 5.78 Å². The van der Waals surface area contributed by atoms with E-state index in [0.29, 0.717) is 12.8 Å². The van der Waals surface area contributed by atoms with E-state index in [-0.39, 0.29) is 12.3 Å². The Balaban J connectivity index is 3.04. The Kier molecular flexibility index (Phi) is 7.47. The third-order valence-corrected chi connectivity index (χ3v) is 1.70. The maximum absolute atomic E-state index is 10.8. The number of unbranched alkanes of at least 4 members (excludes halogenated alkanes) is 3. The Labute approximate surface area is 69.2 Å². The zero-order valence-corrected chi connectivity index (χ0v) is 7.31. The van der Waals surface area contributed by atoms with Crippen LogP contribution in [0.2, 0.25) is 0 Å². The summed E-state index contributed by atoms with van der Waals surface area (Å²) in [5.41, 5.74) is 8.42. The minimum absolute atomic E-state index is 0.00656. The van der Waals surface area contributed by atoms with Crippen LogP contribution >= 0.6 is 0 Å². The highest BCUT2D eigenvalue weighted by Gasteiger charge is 1.99. The van der Waals surface area contributed by atoms with Gasteiger partial charge in [-0.05, 0) is 6.42 Å². The fourth-order valence-electron chi connectivity index (χ4n) is 0.999. The molecule has 64 valence electrons. The van der Waals surface area contributed by atoms with Crippen LogP contribution in [0.1, 0.15) is 45.4 Å². The molecule has 0 aromatic rings. The van der Waals surface area contributed by atoms with Crippen molar-refractivity contribution in [3.8, 4) is 0 Å². The van der Waals surface area contributed by atoms with Gasteiger partial charge in [0.1, 0.15) is 5.78 Å². The summed E-state index contributed by atoms with van der Waals surface area (Å²) in [5.74, 6) is 0.198. The van der Waals surface area contributed by atoms with Gasteiger partial charge in [0.25, 0.3) is 0 Å². The molecule has 0 aromatic carbocycles. The average Bonchev–Trinajstić information content (AvgIpc) is 1.99. The lowest BCUT2D eigenvalue weighted by atomic mass is 10.1. The summed E-state index contributed by atoms with van der Waals surface area (Å²) in [6.07, 6.45) is 5.55. The monoisotopic (exact) mass is 155 g/mol. The highest BCUT2D eigenvalue weighted by Crippen LogP contribution is 2.03. The van der Waals surface area contributed by atoms with Crippen molar-refractivity contribution in [1.82, 2.24) is 5.73 Å². The molecule has 0 rings (SSSR count). The maximum atomic E-state index is 10.8. The fraction of sp³-hybridized carbons (Fsp3) is 0.889. The molecule has 0 atom stereocenters. The molecule has 0 saturated heterocycles. The second-order valence-corrected chi connectivity index (χ2v) is 2.82. The summed E-state index contributed by atoms with van der Waals surface area (Å²) in [7, 11) is 0. The van der Waals surface area contributed by atoms with E-state index in [1.54, 1.807) is 0 Å². The van der Waals surface area contributed by atoms with Crippen LogP contribution in [0.15, 0.2) is 0 Å². The Hall–Kier alpha value is -0.370. The zero-order valence-electron chi connectivity index (χ0n) is 7.31. The van der Waals surface area contributed by atoms with E-state index >= 15 is 0 Å². The molecule has 0 amide bonds. The van der Waals surface area contributed by atoms with Gasteiger partial charge in [-0.3, -0.25) is 4.79 Å². The second-order valence-electron chi connectivity index (χ2n) is 2.82. The Morgan fingerprint density at radius 2 is 1.91 bits per heavy atom. The maximum Gasteiger partial charge on any atom is 0.134 e. The number of hydrogen-bond acceptors (Lipinski definition) is 1. The number of hydrogen-bond donors (Lipinski definition) is 0. The van der Waals surface area contributed by atoms with Crippen LogP contribution in [-0.2, 0) is 4.79 Å². The third kappa shape index (κ3) is 7.53. The van der Waals surface area contributed by atoms with Crippen LogP contribution in [0.25, 0.3) is 0 Å². The number of nitrogens with zero attached hydrogens (tertiary/aromatic N) is 1. The highest BCUT2D eigenvalue weighted by atomic mass is 16.1. The van der Waals surface area contributed by atoms with Gasteiger partial charge in [0.05, 0.1) is 0 Å². The average molecular weight is 155 g/mol. The molecule has 2 nitrogen and oxygen atoms in total. The Bertz CT molecular complexity index is 102. The van der Waals surface area contributed by atoms with Crippen LogP contribution in [0.4, 0.5) is 0 Å². The highest BCUT2D eigenvalue weighted by molar-refractivity contribution is 5.78. The molecule has 0 aliphatic rings. The first-order chi connectivity index (χ1) is 5.31. The molecule has 0 fully saturated rings. The first-order valence-corrected chi connectivity index (χ1v) is 4.43. The number of ketones is 1. The molecule has 0 spiro atoms. The van der Waals surface area contributed by atoms with Gasteiger partial charge in [-0.25, -0.2) is 0 Å². The number of carbonyl (C=O) groups excluding carboxylic acids is 1. The smallest absolute Gasteiger partial charge is 0.134 e. The van der Waals surface area contributed by atoms with Gasteiger partial charge in [-0.2, -0.15) is 0 Å². The van der Waals surface area contributed by atoms with Gasteiger partial charge in [-0.15, -0.1) is 5.73 Å². The SMILES string of the molecule is CCCCCCC(=O)CC[N]. The molecular formula is C9H17NO. The van der Waals surface area contributed by atoms with Crippen LogP contribution in [0, 0.1) is 0 Å². The van der Waals surface area contributed by atoms with Gasteiger partial charge >= 0.3 is 0 Å². The van der Waals surface area contributed by atoms with Crippen molar-refractivity contribution in [1.29, 1.82) is 0 Å². The summed E-state index contributed by atoms with van der Waals surface area (Å²) in [4.78, 5) is 10.8. The van der Waals surface area contributed by atoms with Crippen LogP contribution in [0.3, 0.4) is 0 Å². The van der Waals surface area contributed by atoms with Crippen molar-refractivity contribution in [3.05, 3.63) is 0 Å². The first kappa shape index (κ1) is 10.6. The van der Waals surface area contributed by atoms with Crippen molar-refractivity contribution < 1.29 is 4.79 Å². The lowest BCUT2D eigenvalue weighted by molar-refractivity contribution is -0.119. The summed E-state index contributed by atoms with van der Waals surface area (Å²) in [6.45, 7) is 2.15. The quantitative estimate of drug-likeness (QED) is 0.518. The van der Waals surface area contributed by atoms with E-state index in [0.717, 1.165) is 12.8 Å². The molecule has 0 aromatic heterocycles. The molecule has 0 heterocycles. The summed E-state index contributed by atoms with van der Waals surface area (Å²) < 4.78 is 0. The molecular weight excluding hydrogens is 138 g/mol. The van der Waals surface area contributed by atoms with Crippen LogP contribution < -0.4 is 5.73 Å². The fourth-order valence-corrected chi connectivity index (χ4v) is 0.999. The summed E-state index contributed by atoms with van der Waals surface area (Å²) in [6, 6.07) is 0. The molecule has 0 saturated carbocycles. The van der Waals surface area contributed by atoms with E-state index in [4.69, 9.17) is 5.73 Å². The molecule has 0 bridgehead atoms. The van der Waals surface area contributed by atoms with Gasteiger partial charge in [0.2, 0.25) is 0 Å². The van der Waals surface area contributed by atoms with Crippen molar-refractivity contribution in [2.24, 2.45) is 0 Å². The standard InChI is InChI=1S/C9H17NO/c1-2-3-4-5-6-9(11)7-8-10/h2-8H2,1H3. The van der Waals surface area contributed by atoms with E-state index in [9.17, 15) is 4.79 Å². The van der Waals surface area contributed by atoms with Crippen molar-refractivity contribution in [2.45, 2.75) is 45.4 Å². The molecule has 0 N–H and O–H groups in total. The number of rotatable bonds is 7. The van der Waals surface area contributed by atoms with E-state index in [1.165, 1.54) is 12.8 Å². The molecule has 2 radical (unpaired) electrons. The van der Waals surface area contributed by atoms with E-state index < -0.39 is 0 Å². The molecule has 0 aliphatic heterocycles. The minimum Gasteiger partial charge on any atom is -0.300 e. The lowest BCUT2D eigenvalue weighted by Gasteiger charge is -1.97. The number of Topliss-reactive ketones (excluding diaryl/α,β-unsaturated/α-hetero) is 1. The minimum atomic E-state index is 0.00656.